The molecule has 1 unspecified atom stereocenters. The zero-order valence-corrected chi connectivity index (χ0v) is 16.0. The van der Waals surface area contributed by atoms with E-state index < -0.39 is 0 Å². The van der Waals surface area contributed by atoms with Crippen LogP contribution in [0.3, 0.4) is 0 Å². The van der Waals surface area contributed by atoms with Gasteiger partial charge in [-0.15, -0.1) is 0 Å². The minimum absolute atomic E-state index is 0.141. The van der Waals surface area contributed by atoms with Crippen LogP contribution in [0.15, 0.2) is 39.7 Å². The Hall–Kier alpha value is -1.93. The molecule has 1 aliphatic rings. The molecule has 1 saturated heterocycles. The summed E-state index contributed by atoms with van der Waals surface area (Å²) in [6.07, 6.45) is 3.48. The molecular weight excluding hydrogens is 386 g/mol. The second-order valence-corrected chi connectivity index (χ2v) is 6.94. The monoisotopic (exact) mass is 407 g/mol. The first kappa shape index (κ1) is 17.9. The summed E-state index contributed by atoms with van der Waals surface area (Å²) in [6.45, 7) is 5.39. The van der Waals surface area contributed by atoms with E-state index >= 15 is 0 Å². The Morgan fingerprint density at radius 1 is 1.28 bits per heavy atom. The lowest BCUT2D eigenvalue weighted by atomic mass is 10.2. The number of furan rings is 1. The molecule has 134 valence electrons. The van der Waals surface area contributed by atoms with E-state index in [1.807, 2.05) is 35.9 Å². The maximum Gasteiger partial charge on any atom is 0.239 e. The third-order valence-electron chi connectivity index (χ3n) is 4.48. The van der Waals surface area contributed by atoms with Crippen LogP contribution in [0.4, 0.5) is 5.95 Å². The van der Waals surface area contributed by atoms with E-state index in [0.717, 1.165) is 24.8 Å². The number of piperazine rings is 1. The number of rotatable bonds is 5. The molecule has 1 amide bonds. The highest BCUT2D eigenvalue weighted by Crippen LogP contribution is 2.17. The van der Waals surface area contributed by atoms with Gasteiger partial charge in [0.15, 0.2) is 4.67 Å². The second kappa shape index (κ2) is 7.97. The van der Waals surface area contributed by atoms with E-state index in [-0.39, 0.29) is 11.9 Å². The van der Waals surface area contributed by atoms with Gasteiger partial charge in [-0.1, -0.05) is 0 Å². The zero-order chi connectivity index (χ0) is 17.8. The van der Waals surface area contributed by atoms with E-state index in [0.29, 0.717) is 24.3 Å². The topological polar surface area (TPSA) is 65.7 Å². The van der Waals surface area contributed by atoms with Gasteiger partial charge >= 0.3 is 0 Å². The van der Waals surface area contributed by atoms with Crippen molar-refractivity contribution in [3.8, 4) is 0 Å². The van der Waals surface area contributed by atoms with Crippen molar-refractivity contribution in [3.63, 3.8) is 0 Å². The van der Waals surface area contributed by atoms with Gasteiger partial charge in [-0.2, -0.15) is 0 Å². The Labute approximate surface area is 155 Å². The lowest BCUT2D eigenvalue weighted by molar-refractivity contribution is -0.136. The van der Waals surface area contributed by atoms with Crippen molar-refractivity contribution in [1.82, 2.24) is 19.8 Å². The average Bonchev–Trinajstić information content (AvgIpc) is 3.06. The summed E-state index contributed by atoms with van der Waals surface area (Å²) in [5.74, 6) is 1.70. The fourth-order valence-electron chi connectivity index (χ4n) is 2.85. The van der Waals surface area contributed by atoms with E-state index in [9.17, 15) is 4.79 Å². The number of amides is 1. The first-order valence-corrected chi connectivity index (χ1v) is 9.09. The Morgan fingerprint density at radius 2 is 1.96 bits per heavy atom. The van der Waals surface area contributed by atoms with Gasteiger partial charge in [0.2, 0.25) is 11.9 Å². The third-order valence-corrected chi connectivity index (χ3v) is 4.91. The molecule has 0 aromatic carbocycles. The van der Waals surface area contributed by atoms with Crippen molar-refractivity contribution in [2.75, 3.05) is 38.1 Å². The van der Waals surface area contributed by atoms with Crippen LogP contribution in [-0.2, 0) is 11.3 Å². The zero-order valence-electron chi connectivity index (χ0n) is 14.4. The lowest BCUT2D eigenvalue weighted by Crippen LogP contribution is -2.53. The maximum atomic E-state index is 12.8. The first-order valence-electron chi connectivity index (χ1n) is 8.30. The van der Waals surface area contributed by atoms with E-state index in [1.165, 1.54) is 0 Å². The minimum atomic E-state index is -0.205. The number of anilines is 1. The number of carbonyl (C=O) groups excluding carboxylic acids is 1. The van der Waals surface area contributed by atoms with Gasteiger partial charge in [-0.05, 0) is 48.1 Å². The molecule has 2 aromatic heterocycles. The van der Waals surface area contributed by atoms with Crippen LogP contribution in [0.5, 0.6) is 0 Å². The first-order chi connectivity index (χ1) is 12.0. The molecule has 3 heterocycles. The Balaban J connectivity index is 1.53. The number of aromatic nitrogens is 2. The van der Waals surface area contributed by atoms with Gasteiger partial charge in [0.1, 0.15) is 5.76 Å². The quantitative estimate of drug-likeness (QED) is 0.754. The van der Waals surface area contributed by atoms with E-state index in [4.69, 9.17) is 4.42 Å². The van der Waals surface area contributed by atoms with Gasteiger partial charge in [0.25, 0.3) is 0 Å². The van der Waals surface area contributed by atoms with Crippen LogP contribution in [-0.4, -0.2) is 64.9 Å². The van der Waals surface area contributed by atoms with E-state index in [1.54, 1.807) is 18.5 Å². The van der Waals surface area contributed by atoms with Gasteiger partial charge in [-0.3, -0.25) is 9.69 Å². The van der Waals surface area contributed by atoms with Crippen LogP contribution in [0.1, 0.15) is 12.7 Å². The van der Waals surface area contributed by atoms with Crippen molar-refractivity contribution in [2.24, 2.45) is 0 Å². The van der Waals surface area contributed by atoms with Crippen molar-refractivity contribution < 1.29 is 9.21 Å². The number of nitrogens with zero attached hydrogens (tertiary/aromatic N) is 5. The molecule has 2 aromatic rings. The second-order valence-electron chi connectivity index (χ2n) is 6.16. The van der Waals surface area contributed by atoms with Gasteiger partial charge in [-0.25, -0.2) is 9.97 Å². The Bertz CT molecular complexity index is 700. The molecule has 0 spiro atoms. The number of likely N-dealkylation sites (N-methyl/N-ethyl adjacent to an activating group) is 1. The van der Waals surface area contributed by atoms with Crippen molar-refractivity contribution in [3.05, 3.63) is 41.0 Å². The average molecular weight is 408 g/mol. The molecule has 3 rings (SSSR count). The number of hydrogen-bond donors (Lipinski definition) is 0. The molecule has 8 heteroatoms. The summed E-state index contributed by atoms with van der Waals surface area (Å²) < 4.78 is 6.23. The largest absolute Gasteiger partial charge is 0.453 e. The summed E-state index contributed by atoms with van der Waals surface area (Å²) in [7, 11) is 1.94. The summed E-state index contributed by atoms with van der Waals surface area (Å²) >= 11 is 3.30. The van der Waals surface area contributed by atoms with Crippen molar-refractivity contribution >= 4 is 27.8 Å². The smallest absolute Gasteiger partial charge is 0.239 e. The summed E-state index contributed by atoms with van der Waals surface area (Å²) in [4.78, 5) is 27.3. The summed E-state index contributed by atoms with van der Waals surface area (Å²) in [5.41, 5.74) is 0. The van der Waals surface area contributed by atoms with Gasteiger partial charge in [0.05, 0.1) is 12.6 Å². The molecule has 1 fully saturated rings. The standard InChI is InChI=1S/C17H22BrN5O2/c1-13(21(2)12-14-4-5-15(18)25-14)16(24)22-8-10-23(11-9-22)17-19-6-3-7-20-17/h3-7,13H,8-12H2,1-2H3. The predicted molar refractivity (Wildman–Crippen MR) is 98.2 cm³/mol. The lowest BCUT2D eigenvalue weighted by Gasteiger charge is -2.37. The number of hydrogen-bond acceptors (Lipinski definition) is 6. The summed E-state index contributed by atoms with van der Waals surface area (Å²) in [6, 6.07) is 5.37. The fraction of sp³-hybridized carbons (Fsp3) is 0.471. The highest BCUT2D eigenvalue weighted by Gasteiger charge is 2.28. The molecule has 1 aliphatic heterocycles. The maximum absolute atomic E-state index is 12.8. The third kappa shape index (κ3) is 4.38. The Morgan fingerprint density at radius 3 is 2.56 bits per heavy atom. The molecule has 0 aliphatic carbocycles. The number of carbonyl (C=O) groups is 1. The number of halogens is 1. The molecule has 0 N–H and O–H groups in total. The van der Waals surface area contributed by atoms with E-state index in [2.05, 4.69) is 30.8 Å². The molecule has 0 saturated carbocycles. The van der Waals surface area contributed by atoms with Crippen molar-refractivity contribution in [1.29, 1.82) is 0 Å². The van der Waals surface area contributed by atoms with Crippen LogP contribution in [0.2, 0.25) is 0 Å². The Kier molecular flexibility index (Phi) is 5.70. The molecule has 1 atom stereocenters. The van der Waals surface area contributed by atoms with Crippen LogP contribution in [0.25, 0.3) is 0 Å². The van der Waals surface area contributed by atoms with Crippen molar-refractivity contribution in [2.45, 2.75) is 19.5 Å². The highest BCUT2D eigenvalue weighted by molar-refractivity contribution is 9.10. The SMILES string of the molecule is CC(C(=O)N1CCN(c2ncccn2)CC1)N(C)Cc1ccc(Br)o1. The van der Waals surface area contributed by atoms with Gasteiger partial charge in [0, 0.05) is 38.6 Å². The molecule has 0 bridgehead atoms. The normalized spacial score (nSPS) is 16.3. The van der Waals surface area contributed by atoms with Crippen LogP contribution < -0.4 is 4.90 Å². The summed E-state index contributed by atoms with van der Waals surface area (Å²) in [5, 5.41) is 0. The molecule has 0 radical (unpaired) electrons. The minimum Gasteiger partial charge on any atom is -0.453 e. The van der Waals surface area contributed by atoms with Gasteiger partial charge < -0.3 is 14.2 Å². The predicted octanol–water partition coefficient (Wildman–Crippen LogP) is 2.00. The molecular formula is C17H22BrN5O2. The van der Waals surface area contributed by atoms with Crippen LogP contribution >= 0.6 is 15.9 Å². The molecule has 7 nitrogen and oxygen atoms in total. The van der Waals surface area contributed by atoms with Crippen LogP contribution in [0, 0.1) is 0 Å². The fourth-order valence-corrected chi connectivity index (χ4v) is 3.19. The highest BCUT2D eigenvalue weighted by atomic mass is 79.9. The molecule has 25 heavy (non-hydrogen) atoms.